The van der Waals surface area contributed by atoms with E-state index in [0.717, 1.165) is 59.8 Å². The fraction of sp³-hybridized carbons (Fsp3) is 0.632. The summed E-state index contributed by atoms with van der Waals surface area (Å²) >= 11 is 3.25. The molecule has 0 fully saturated rings. The van der Waals surface area contributed by atoms with E-state index in [2.05, 4.69) is 29.4 Å². The number of rotatable bonds is 7. The number of thiophene rings is 1. The summed E-state index contributed by atoms with van der Waals surface area (Å²) in [6.07, 6.45) is 5.36. The molecule has 0 saturated heterocycles. The first-order chi connectivity index (χ1) is 13.6. The van der Waals surface area contributed by atoms with Crippen LogP contribution >= 0.6 is 23.1 Å². The molecule has 0 aromatic carbocycles. The summed E-state index contributed by atoms with van der Waals surface area (Å²) < 4.78 is 3.66. The molecule has 0 saturated carbocycles. The van der Waals surface area contributed by atoms with Crippen LogP contribution in [0.5, 0.6) is 0 Å². The first-order valence-corrected chi connectivity index (χ1v) is 11.9. The SMILES string of the molecule is CCCCn1nnnc1CSc1nc2sc3c(c2c(=O)n1CC)CCC(C)C3. The van der Waals surface area contributed by atoms with Gasteiger partial charge in [0.15, 0.2) is 11.0 Å². The number of unbranched alkanes of at least 4 members (excludes halogenated alkanes) is 1. The highest BCUT2D eigenvalue weighted by Gasteiger charge is 2.24. The van der Waals surface area contributed by atoms with Gasteiger partial charge in [-0.1, -0.05) is 32.0 Å². The van der Waals surface area contributed by atoms with Crippen LogP contribution in [0.15, 0.2) is 9.95 Å². The molecule has 28 heavy (non-hydrogen) atoms. The predicted molar refractivity (Wildman–Crippen MR) is 113 cm³/mol. The quantitative estimate of drug-likeness (QED) is 0.430. The van der Waals surface area contributed by atoms with Gasteiger partial charge in [-0.05, 0) is 54.5 Å². The van der Waals surface area contributed by atoms with E-state index >= 15 is 0 Å². The van der Waals surface area contributed by atoms with Crippen molar-refractivity contribution in [2.45, 2.75) is 76.9 Å². The zero-order chi connectivity index (χ0) is 19.7. The lowest BCUT2D eigenvalue weighted by Crippen LogP contribution is -2.23. The molecule has 0 aliphatic heterocycles. The van der Waals surface area contributed by atoms with Crippen LogP contribution < -0.4 is 5.56 Å². The smallest absolute Gasteiger partial charge is 0.263 e. The molecule has 3 aromatic heterocycles. The molecule has 3 aromatic rings. The van der Waals surface area contributed by atoms with Crippen molar-refractivity contribution in [1.82, 2.24) is 29.8 Å². The van der Waals surface area contributed by atoms with Crippen LogP contribution in [0.4, 0.5) is 0 Å². The Morgan fingerprint density at radius 3 is 2.96 bits per heavy atom. The molecule has 4 rings (SSSR count). The Balaban J connectivity index is 1.66. The fourth-order valence-electron chi connectivity index (χ4n) is 3.73. The van der Waals surface area contributed by atoms with E-state index in [1.54, 1.807) is 27.7 Å². The average Bonchev–Trinajstić information content (AvgIpc) is 3.27. The Hall–Kier alpha value is -1.74. The molecule has 1 unspecified atom stereocenters. The predicted octanol–water partition coefficient (Wildman–Crippen LogP) is 3.68. The van der Waals surface area contributed by atoms with E-state index in [-0.39, 0.29) is 5.56 Å². The maximum Gasteiger partial charge on any atom is 0.263 e. The molecule has 150 valence electrons. The molecule has 1 aliphatic rings. The molecule has 0 radical (unpaired) electrons. The highest BCUT2D eigenvalue weighted by Crippen LogP contribution is 2.36. The normalized spacial score (nSPS) is 16.6. The number of tetrazole rings is 1. The number of hydrogen-bond acceptors (Lipinski definition) is 7. The largest absolute Gasteiger partial charge is 0.287 e. The summed E-state index contributed by atoms with van der Waals surface area (Å²) in [5.74, 6) is 2.12. The number of aryl methyl sites for hydroxylation is 2. The van der Waals surface area contributed by atoms with E-state index in [1.807, 2.05) is 11.6 Å². The number of aromatic nitrogens is 6. The second kappa shape index (κ2) is 8.32. The first-order valence-electron chi connectivity index (χ1n) is 10.0. The first kappa shape index (κ1) is 19.6. The minimum atomic E-state index is 0.104. The van der Waals surface area contributed by atoms with Crippen LogP contribution in [0, 0.1) is 5.92 Å². The number of nitrogens with zero attached hydrogens (tertiary/aromatic N) is 6. The van der Waals surface area contributed by atoms with Crippen LogP contribution in [-0.2, 0) is 31.7 Å². The number of thioether (sulfide) groups is 1. The van der Waals surface area contributed by atoms with E-state index in [1.165, 1.54) is 10.4 Å². The summed E-state index contributed by atoms with van der Waals surface area (Å²) in [4.78, 5) is 20.4. The molecule has 0 N–H and O–H groups in total. The summed E-state index contributed by atoms with van der Waals surface area (Å²) in [6, 6.07) is 0. The van der Waals surface area contributed by atoms with Crippen molar-refractivity contribution in [3.63, 3.8) is 0 Å². The molecular weight excluding hydrogens is 392 g/mol. The Morgan fingerprint density at radius 1 is 1.32 bits per heavy atom. The second-order valence-electron chi connectivity index (χ2n) is 7.44. The number of fused-ring (bicyclic) bond motifs is 3. The second-order valence-corrected chi connectivity index (χ2v) is 9.46. The van der Waals surface area contributed by atoms with Crippen molar-refractivity contribution in [3.8, 4) is 0 Å². The van der Waals surface area contributed by atoms with Crippen molar-refractivity contribution in [3.05, 3.63) is 26.6 Å². The number of hydrogen-bond donors (Lipinski definition) is 0. The lowest BCUT2D eigenvalue weighted by Gasteiger charge is -2.17. The van der Waals surface area contributed by atoms with Gasteiger partial charge in [0, 0.05) is 18.0 Å². The zero-order valence-electron chi connectivity index (χ0n) is 16.6. The van der Waals surface area contributed by atoms with Crippen LogP contribution in [0.3, 0.4) is 0 Å². The average molecular weight is 419 g/mol. The van der Waals surface area contributed by atoms with Crippen LogP contribution in [0.1, 0.15) is 56.3 Å². The van der Waals surface area contributed by atoms with E-state index in [9.17, 15) is 4.79 Å². The Kier molecular flexibility index (Phi) is 5.82. The summed E-state index contributed by atoms with van der Waals surface area (Å²) in [7, 11) is 0. The molecule has 0 spiro atoms. The van der Waals surface area contributed by atoms with Gasteiger partial charge in [-0.25, -0.2) is 9.67 Å². The highest BCUT2D eigenvalue weighted by atomic mass is 32.2. The van der Waals surface area contributed by atoms with E-state index < -0.39 is 0 Å². The zero-order valence-corrected chi connectivity index (χ0v) is 18.3. The van der Waals surface area contributed by atoms with Crippen LogP contribution in [0.25, 0.3) is 10.2 Å². The topological polar surface area (TPSA) is 78.5 Å². The molecular formula is C19H26N6OS2. The fourth-order valence-corrected chi connectivity index (χ4v) is 6.15. The monoisotopic (exact) mass is 418 g/mol. The third-order valence-corrected chi connectivity index (χ3v) is 7.48. The summed E-state index contributed by atoms with van der Waals surface area (Å²) in [5.41, 5.74) is 1.35. The van der Waals surface area contributed by atoms with Crippen molar-refractivity contribution < 1.29 is 0 Å². The van der Waals surface area contributed by atoms with Gasteiger partial charge in [0.1, 0.15) is 4.83 Å². The van der Waals surface area contributed by atoms with Crippen LogP contribution in [-0.4, -0.2) is 29.8 Å². The van der Waals surface area contributed by atoms with Gasteiger partial charge in [0.25, 0.3) is 5.56 Å². The minimum absolute atomic E-state index is 0.104. The summed E-state index contributed by atoms with van der Waals surface area (Å²) in [6.45, 7) is 7.88. The molecule has 0 amide bonds. The third kappa shape index (κ3) is 3.61. The van der Waals surface area contributed by atoms with Gasteiger partial charge in [-0.2, -0.15) is 0 Å². The lowest BCUT2D eigenvalue weighted by molar-refractivity contribution is 0.509. The molecule has 7 nitrogen and oxygen atoms in total. The van der Waals surface area contributed by atoms with Crippen LogP contribution in [0.2, 0.25) is 0 Å². The lowest BCUT2D eigenvalue weighted by atomic mass is 9.89. The van der Waals surface area contributed by atoms with Crippen molar-refractivity contribution in [2.24, 2.45) is 5.92 Å². The van der Waals surface area contributed by atoms with Gasteiger partial charge >= 0.3 is 0 Å². The minimum Gasteiger partial charge on any atom is -0.287 e. The maximum atomic E-state index is 13.2. The van der Waals surface area contributed by atoms with Gasteiger partial charge < -0.3 is 0 Å². The maximum absolute atomic E-state index is 13.2. The Morgan fingerprint density at radius 2 is 2.18 bits per heavy atom. The molecule has 9 heteroatoms. The van der Waals surface area contributed by atoms with Crippen molar-refractivity contribution in [2.75, 3.05) is 0 Å². The Labute approximate surface area is 172 Å². The van der Waals surface area contributed by atoms with Gasteiger partial charge in [0.2, 0.25) is 0 Å². The molecule has 1 atom stereocenters. The molecule has 0 bridgehead atoms. The third-order valence-electron chi connectivity index (χ3n) is 5.36. The highest BCUT2D eigenvalue weighted by molar-refractivity contribution is 7.98. The molecule has 1 aliphatic carbocycles. The van der Waals surface area contributed by atoms with Gasteiger partial charge in [-0.15, -0.1) is 16.4 Å². The van der Waals surface area contributed by atoms with Crippen molar-refractivity contribution in [1.29, 1.82) is 0 Å². The van der Waals surface area contributed by atoms with Gasteiger partial charge in [0.05, 0.1) is 11.1 Å². The standard InChI is InChI=1S/C19H26N6OS2/c1-4-6-9-25-15(21-22-23-25)11-27-19-20-17-16(18(26)24(19)5-2)13-8-7-12(3)10-14(13)28-17/h12H,4-11H2,1-3H3. The molecule has 3 heterocycles. The van der Waals surface area contributed by atoms with Crippen molar-refractivity contribution >= 4 is 33.3 Å². The van der Waals surface area contributed by atoms with E-state index in [4.69, 9.17) is 4.98 Å². The van der Waals surface area contributed by atoms with E-state index in [0.29, 0.717) is 18.2 Å². The summed E-state index contributed by atoms with van der Waals surface area (Å²) in [5, 5.41) is 13.7. The van der Waals surface area contributed by atoms with Gasteiger partial charge in [-0.3, -0.25) is 9.36 Å². The Bertz CT molecular complexity index is 1040.